The number of benzene rings is 2. The van der Waals surface area contributed by atoms with Gasteiger partial charge in [0.2, 0.25) is 0 Å². The van der Waals surface area contributed by atoms with Crippen molar-refractivity contribution in [3.05, 3.63) is 59.2 Å². The number of aromatic carboxylic acids is 1. The van der Waals surface area contributed by atoms with E-state index in [1.165, 1.54) is 12.1 Å². The van der Waals surface area contributed by atoms with Gasteiger partial charge in [-0.25, -0.2) is 4.79 Å². The molecule has 0 saturated heterocycles. The first kappa shape index (κ1) is 13.6. The highest BCUT2D eigenvalue weighted by molar-refractivity contribution is 6.05. The number of carboxylic acids is 1. The summed E-state index contributed by atoms with van der Waals surface area (Å²) in [5, 5.41) is 21.0. The molecule has 0 bridgehead atoms. The number of hydrogen-bond acceptors (Lipinski definition) is 3. The maximum atomic E-state index is 12.0. The molecule has 2 aromatic rings. The first-order chi connectivity index (χ1) is 9.47. The lowest BCUT2D eigenvalue weighted by Gasteiger charge is -2.08. The maximum Gasteiger partial charge on any atom is 0.335 e. The molecule has 0 saturated carbocycles. The zero-order valence-electron chi connectivity index (χ0n) is 10.8. The lowest BCUT2D eigenvalue weighted by atomic mass is 10.1. The van der Waals surface area contributed by atoms with E-state index in [0.717, 1.165) is 11.6 Å². The molecule has 0 aliphatic carbocycles. The topological polar surface area (TPSA) is 86.6 Å². The fraction of sp³-hybridized carbons (Fsp3) is 0.0667. The highest BCUT2D eigenvalue weighted by Gasteiger charge is 2.11. The molecular formula is C15H13NO4. The molecule has 0 aliphatic rings. The van der Waals surface area contributed by atoms with Crippen molar-refractivity contribution in [2.45, 2.75) is 6.92 Å². The summed E-state index contributed by atoms with van der Waals surface area (Å²) in [5.74, 6) is -1.80. The molecule has 5 heteroatoms. The average Bonchev–Trinajstić information content (AvgIpc) is 2.41. The Morgan fingerprint density at radius 2 is 1.60 bits per heavy atom. The van der Waals surface area contributed by atoms with Crippen LogP contribution in [0.15, 0.2) is 42.5 Å². The maximum absolute atomic E-state index is 12.0. The van der Waals surface area contributed by atoms with E-state index in [-0.39, 0.29) is 22.9 Å². The number of amides is 1. The van der Waals surface area contributed by atoms with Gasteiger partial charge in [0, 0.05) is 5.56 Å². The number of aromatic hydroxyl groups is 1. The molecule has 0 atom stereocenters. The van der Waals surface area contributed by atoms with Crippen molar-refractivity contribution in [1.29, 1.82) is 0 Å². The zero-order valence-corrected chi connectivity index (χ0v) is 10.8. The Balaban J connectivity index is 2.19. The standard InChI is InChI=1S/C15H13NO4/c1-9-2-4-10(5-3-9)14(18)16-12-7-6-11(15(19)20)8-13(12)17/h2-8,17H,1H3,(H,16,18)(H,19,20). The number of hydrogen-bond donors (Lipinski definition) is 3. The van der Waals surface area contributed by atoms with E-state index >= 15 is 0 Å². The van der Waals surface area contributed by atoms with Gasteiger partial charge in [0.25, 0.3) is 5.91 Å². The number of carboxylic acid groups (broad SMARTS) is 1. The fourth-order valence-corrected chi connectivity index (χ4v) is 1.67. The van der Waals surface area contributed by atoms with Gasteiger partial charge in [-0.15, -0.1) is 0 Å². The second-order valence-corrected chi connectivity index (χ2v) is 4.36. The molecule has 0 heterocycles. The average molecular weight is 271 g/mol. The highest BCUT2D eigenvalue weighted by atomic mass is 16.4. The van der Waals surface area contributed by atoms with Gasteiger partial charge in [-0.3, -0.25) is 4.79 Å². The molecule has 2 aromatic carbocycles. The van der Waals surface area contributed by atoms with Crippen LogP contribution in [-0.2, 0) is 0 Å². The van der Waals surface area contributed by atoms with Gasteiger partial charge in [-0.2, -0.15) is 0 Å². The summed E-state index contributed by atoms with van der Waals surface area (Å²) in [4.78, 5) is 22.7. The van der Waals surface area contributed by atoms with Crippen molar-refractivity contribution in [2.75, 3.05) is 5.32 Å². The number of phenolic OH excluding ortho intramolecular Hbond substituents is 1. The predicted octanol–water partition coefficient (Wildman–Crippen LogP) is 2.65. The quantitative estimate of drug-likeness (QED) is 0.749. The second kappa shape index (κ2) is 5.44. The monoisotopic (exact) mass is 271 g/mol. The van der Waals surface area contributed by atoms with Gasteiger partial charge >= 0.3 is 5.97 Å². The molecule has 0 aromatic heterocycles. The number of rotatable bonds is 3. The molecular weight excluding hydrogens is 258 g/mol. The van der Waals surface area contributed by atoms with Crippen LogP contribution < -0.4 is 5.32 Å². The zero-order chi connectivity index (χ0) is 14.7. The van der Waals surface area contributed by atoms with E-state index in [9.17, 15) is 14.7 Å². The summed E-state index contributed by atoms with van der Waals surface area (Å²) in [7, 11) is 0. The van der Waals surface area contributed by atoms with Crippen LogP contribution in [-0.4, -0.2) is 22.1 Å². The molecule has 2 rings (SSSR count). The van der Waals surface area contributed by atoms with Gasteiger partial charge < -0.3 is 15.5 Å². The number of carbonyl (C=O) groups is 2. The van der Waals surface area contributed by atoms with Crippen LogP contribution in [0.3, 0.4) is 0 Å². The predicted molar refractivity (Wildman–Crippen MR) is 74.2 cm³/mol. The summed E-state index contributed by atoms with van der Waals surface area (Å²) in [6.45, 7) is 1.91. The molecule has 5 nitrogen and oxygen atoms in total. The molecule has 0 aliphatic heterocycles. The largest absolute Gasteiger partial charge is 0.506 e. The lowest BCUT2D eigenvalue weighted by molar-refractivity contribution is 0.0696. The van der Waals surface area contributed by atoms with Crippen LogP contribution in [0.5, 0.6) is 5.75 Å². The minimum absolute atomic E-state index is 0.0455. The van der Waals surface area contributed by atoms with Gasteiger partial charge in [0.1, 0.15) is 5.75 Å². The van der Waals surface area contributed by atoms with Crippen LogP contribution in [0.4, 0.5) is 5.69 Å². The molecule has 0 radical (unpaired) electrons. The van der Waals surface area contributed by atoms with Gasteiger partial charge in [0.05, 0.1) is 11.3 Å². The van der Waals surface area contributed by atoms with Crippen LogP contribution in [0.2, 0.25) is 0 Å². The van der Waals surface area contributed by atoms with E-state index < -0.39 is 5.97 Å². The number of nitrogens with one attached hydrogen (secondary N) is 1. The Morgan fingerprint density at radius 1 is 1.00 bits per heavy atom. The molecule has 0 fully saturated rings. The number of aryl methyl sites for hydroxylation is 1. The second-order valence-electron chi connectivity index (χ2n) is 4.36. The third-order valence-electron chi connectivity index (χ3n) is 2.81. The van der Waals surface area contributed by atoms with E-state index in [2.05, 4.69) is 5.32 Å². The molecule has 102 valence electrons. The Bertz CT molecular complexity index is 662. The Kier molecular flexibility index (Phi) is 3.70. The normalized spacial score (nSPS) is 10.1. The molecule has 0 unspecified atom stereocenters. The molecule has 0 spiro atoms. The number of carbonyl (C=O) groups excluding carboxylic acids is 1. The van der Waals surface area contributed by atoms with Crippen LogP contribution in [0.1, 0.15) is 26.3 Å². The van der Waals surface area contributed by atoms with E-state index in [0.29, 0.717) is 5.56 Å². The van der Waals surface area contributed by atoms with Gasteiger partial charge in [-0.05, 0) is 37.3 Å². The SMILES string of the molecule is Cc1ccc(C(=O)Nc2ccc(C(=O)O)cc2O)cc1. The van der Waals surface area contributed by atoms with Crippen LogP contribution >= 0.6 is 0 Å². The van der Waals surface area contributed by atoms with Crippen molar-refractivity contribution < 1.29 is 19.8 Å². The third kappa shape index (κ3) is 2.95. The fourth-order valence-electron chi connectivity index (χ4n) is 1.67. The van der Waals surface area contributed by atoms with Crippen molar-refractivity contribution in [3.63, 3.8) is 0 Å². The summed E-state index contributed by atoms with van der Waals surface area (Å²) in [6.07, 6.45) is 0. The Morgan fingerprint density at radius 3 is 2.15 bits per heavy atom. The Labute approximate surface area is 115 Å². The van der Waals surface area contributed by atoms with Crippen molar-refractivity contribution in [3.8, 4) is 5.75 Å². The molecule has 20 heavy (non-hydrogen) atoms. The van der Waals surface area contributed by atoms with Gasteiger partial charge in [0.15, 0.2) is 0 Å². The Hall–Kier alpha value is -2.82. The number of phenols is 1. The summed E-state index contributed by atoms with van der Waals surface area (Å²) < 4.78 is 0. The number of anilines is 1. The highest BCUT2D eigenvalue weighted by Crippen LogP contribution is 2.24. The summed E-state index contributed by atoms with van der Waals surface area (Å²) in [6, 6.07) is 10.7. The van der Waals surface area contributed by atoms with Crippen molar-refractivity contribution in [1.82, 2.24) is 0 Å². The lowest BCUT2D eigenvalue weighted by Crippen LogP contribution is -2.12. The van der Waals surface area contributed by atoms with E-state index in [1.807, 2.05) is 19.1 Å². The van der Waals surface area contributed by atoms with Gasteiger partial charge in [-0.1, -0.05) is 17.7 Å². The smallest absolute Gasteiger partial charge is 0.335 e. The minimum atomic E-state index is -1.14. The van der Waals surface area contributed by atoms with Crippen LogP contribution in [0, 0.1) is 6.92 Å². The first-order valence-corrected chi connectivity index (χ1v) is 5.91. The van der Waals surface area contributed by atoms with Crippen LogP contribution in [0.25, 0.3) is 0 Å². The first-order valence-electron chi connectivity index (χ1n) is 5.91. The molecule has 3 N–H and O–H groups in total. The van der Waals surface area contributed by atoms with Crippen molar-refractivity contribution in [2.24, 2.45) is 0 Å². The van der Waals surface area contributed by atoms with E-state index in [1.54, 1.807) is 12.1 Å². The van der Waals surface area contributed by atoms with Crippen molar-refractivity contribution >= 4 is 17.6 Å². The van der Waals surface area contributed by atoms with E-state index in [4.69, 9.17) is 5.11 Å². The third-order valence-corrected chi connectivity index (χ3v) is 2.81. The molecule has 1 amide bonds. The summed E-state index contributed by atoms with van der Waals surface area (Å²) >= 11 is 0. The minimum Gasteiger partial charge on any atom is -0.506 e. The summed E-state index contributed by atoms with van der Waals surface area (Å²) in [5.41, 5.74) is 1.61.